The summed E-state index contributed by atoms with van der Waals surface area (Å²) >= 11 is 2.83. The lowest BCUT2D eigenvalue weighted by Gasteiger charge is -2.28. The van der Waals surface area contributed by atoms with Gasteiger partial charge in [-0.1, -0.05) is 18.2 Å². The van der Waals surface area contributed by atoms with E-state index in [1.165, 1.54) is 22.7 Å². The molecule has 10 heteroatoms. The lowest BCUT2D eigenvalue weighted by Crippen LogP contribution is -2.39. The molecule has 3 aromatic rings. The molecule has 2 aromatic heterocycles. The van der Waals surface area contributed by atoms with Crippen LogP contribution in [0.3, 0.4) is 0 Å². The first kappa shape index (κ1) is 21.5. The summed E-state index contributed by atoms with van der Waals surface area (Å²) in [4.78, 5) is 40.4. The summed E-state index contributed by atoms with van der Waals surface area (Å²) in [5, 5.41) is 9.03. The second kappa shape index (κ2) is 8.87. The Hall–Kier alpha value is -3.37. The van der Waals surface area contributed by atoms with Crippen molar-refractivity contribution in [3.8, 4) is 5.75 Å². The molecule has 5 rings (SSSR count). The number of nitrogens with zero attached hydrogens (tertiary/aromatic N) is 1. The summed E-state index contributed by atoms with van der Waals surface area (Å²) in [5.41, 5.74) is 2.50. The molecule has 8 nitrogen and oxygen atoms in total. The second-order valence-electron chi connectivity index (χ2n) is 7.57. The number of carbonyl (C=O) groups is 3. The molecule has 170 valence electrons. The number of fused-ring (bicyclic) bond motifs is 3. The van der Waals surface area contributed by atoms with E-state index in [1.807, 2.05) is 17.5 Å². The van der Waals surface area contributed by atoms with Crippen LogP contribution < -0.4 is 15.4 Å². The maximum absolute atomic E-state index is 12.9. The fourth-order valence-corrected chi connectivity index (χ4v) is 5.82. The zero-order chi connectivity index (χ0) is 22.9. The van der Waals surface area contributed by atoms with Gasteiger partial charge in [0.1, 0.15) is 21.8 Å². The number of esters is 1. The number of hydrogen-bond acceptors (Lipinski definition) is 8. The van der Waals surface area contributed by atoms with E-state index in [0.717, 1.165) is 21.0 Å². The van der Waals surface area contributed by atoms with Crippen molar-refractivity contribution in [2.45, 2.75) is 26.1 Å². The van der Waals surface area contributed by atoms with Crippen LogP contribution in [0.4, 0.5) is 9.80 Å². The summed E-state index contributed by atoms with van der Waals surface area (Å²) in [6.07, 6.45) is -0.123. The van der Waals surface area contributed by atoms with E-state index in [0.29, 0.717) is 42.3 Å². The van der Waals surface area contributed by atoms with Crippen LogP contribution >= 0.6 is 22.7 Å². The van der Waals surface area contributed by atoms with Crippen LogP contribution in [0.5, 0.6) is 5.75 Å². The molecule has 0 spiro atoms. The largest absolute Gasteiger partial charge is 0.450 e. The third-order valence-electron chi connectivity index (χ3n) is 5.51. The molecule has 1 aromatic carbocycles. The van der Waals surface area contributed by atoms with Gasteiger partial charge < -0.3 is 25.0 Å². The summed E-state index contributed by atoms with van der Waals surface area (Å²) in [6.45, 7) is 3.08. The maximum Gasteiger partial charge on any atom is 0.410 e. The monoisotopic (exact) mass is 483 g/mol. The van der Waals surface area contributed by atoms with Gasteiger partial charge in [-0.15, -0.1) is 22.7 Å². The highest BCUT2D eigenvalue weighted by atomic mass is 32.1. The molecule has 33 heavy (non-hydrogen) atoms. The minimum absolute atomic E-state index is 0.135. The van der Waals surface area contributed by atoms with Crippen molar-refractivity contribution in [1.29, 1.82) is 0 Å². The first-order valence-corrected chi connectivity index (χ1v) is 12.2. The number of nitrogens with one attached hydrogen (secondary N) is 2. The minimum atomic E-state index is -0.409. The van der Waals surface area contributed by atoms with E-state index in [4.69, 9.17) is 9.47 Å². The van der Waals surface area contributed by atoms with Crippen LogP contribution in [0.25, 0.3) is 0 Å². The normalized spacial score (nSPS) is 16.8. The van der Waals surface area contributed by atoms with Crippen molar-refractivity contribution in [3.05, 3.63) is 68.2 Å². The van der Waals surface area contributed by atoms with Crippen molar-refractivity contribution in [2.75, 3.05) is 18.5 Å². The van der Waals surface area contributed by atoms with Gasteiger partial charge >= 0.3 is 12.1 Å². The molecule has 1 unspecified atom stereocenters. The molecular formula is C23H21N3O5S2. The highest BCUT2D eigenvalue weighted by Gasteiger charge is 2.34. The number of anilines is 1. The van der Waals surface area contributed by atoms with E-state index in [-0.39, 0.29) is 12.0 Å². The van der Waals surface area contributed by atoms with Crippen molar-refractivity contribution < 1.29 is 23.9 Å². The molecule has 0 saturated carbocycles. The predicted octanol–water partition coefficient (Wildman–Crippen LogP) is 4.40. The molecule has 0 radical (unpaired) electrons. The molecule has 4 heterocycles. The molecule has 2 amide bonds. The number of amides is 2. The smallest absolute Gasteiger partial charge is 0.410 e. The average molecular weight is 484 g/mol. The Morgan fingerprint density at radius 2 is 2.00 bits per heavy atom. The second-order valence-corrected chi connectivity index (χ2v) is 9.62. The van der Waals surface area contributed by atoms with Crippen molar-refractivity contribution in [2.24, 2.45) is 0 Å². The average Bonchev–Trinajstić information content (AvgIpc) is 3.47. The van der Waals surface area contributed by atoms with Crippen molar-refractivity contribution in [3.63, 3.8) is 0 Å². The number of carbonyl (C=O) groups excluding carboxylic acids is 3. The first-order chi connectivity index (χ1) is 16.0. The fourth-order valence-electron chi connectivity index (χ4n) is 3.93. The van der Waals surface area contributed by atoms with Crippen LogP contribution in [-0.4, -0.2) is 36.0 Å². The van der Waals surface area contributed by atoms with E-state index in [1.54, 1.807) is 36.1 Å². The summed E-state index contributed by atoms with van der Waals surface area (Å²) in [6, 6.07) is 10.6. The number of thiophene rings is 2. The maximum atomic E-state index is 12.9. The van der Waals surface area contributed by atoms with Gasteiger partial charge in [-0.05, 0) is 48.1 Å². The number of benzene rings is 1. The van der Waals surface area contributed by atoms with E-state index >= 15 is 0 Å². The Balaban J connectivity index is 1.30. The molecular weight excluding hydrogens is 462 g/mol. The highest BCUT2D eigenvalue weighted by Crippen LogP contribution is 2.41. The summed E-state index contributed by atoms with van der Waals surface area (Å²) in [7, 11) is 0. The molecule has 2 aliphatic rings. The van der Waals surface area contributed by atoms with Crippen molar-refractivity contribution in [1.82, 2.24) is 10.2 Å². The molecule has 1 atom stereocenters. The van der Waals surface area contributed by atoms with Crippen LogP contribution in [-0.2, 0) is 17.7 Å². The molecule has 2 N–H and O–H groups in total. The van der Waals surface area contributed by atoms with Gasteiger partial charge in [-0.3, -0.25) is 4.79 Å². The standard InChI is InChI=1S/C23H21N3O5S2/c1-2-30-23(29)26-10-9-15-17(12-26)33-21-18(15)20(27)24-19(25-21)13-5-7-14(8-6-13)31-22(28)16-4-3-11-32-16/h3-8,11,19,25H,2,9-10,12H2,1H3,(H,24,27). The summed E-state index contributed by atoms with van der Waals surface area (Å²) in [5.74, 6) is -0.0952. The summed E-state index contributed by atoms with van der Waals surface area (Å²) < 4.78 is 10.5. The predicted molar refractivity (Wildman–Crippen MR) is 125 cm³/mol. The van der Waals surface area contributed by atoms with Crippen molar-refractivity contribution >= 4 is 45.6 Å². The van der Waals surface area contributed by atoms with E-state index < -0.39 is 12.1 Å². The number of ether oxygens (including phenoxy) is 2. The molecule has 0 saturated heterocycles. The molecule has 0 bridgehead atoms. The van der Waals surface area contributed by atoms with Gasteiger partial charge in [0.15, 0.2) is 0 Å². The first-order valence-electron chi connectivity index (χ1n) is 10.5. The third-order valence-corrected chi connectivity index (χ3v) is 7.51. The Bertz CT molecular complexity index is 1200. The number of hydrogen-bond donors (Lipinski definition) is 2. The van der Waals surface area contributed by atoms with Gasteiger partial charge in [0, 0.05) is 11.4 Å². The van der Waals surface area contributed by atoms with Gasteiger partial charge in [0.2, 0.25) is 0 Å². The zero-order valence-electron chi connectivity index (χ0n) is 17.8. The third kappa shape index (κ3) is 4.19. The van der Waals surface area contributed by atoms with Crippen LogP contribution in [0.2, 0.25) is 0 Å². The lowest BCUT2D eigenvalue weighted by molar-refractivity contribution is 0.0739. The van der Waals surface area contributed by atoms with Gasteiger partial charge in [0.25, 0.3) is 5.91 Å². The van der Waals surface area contributed by atoms with Gasteiger partial charge in [-0.2, -0.15) is 0 Å². The van der Waals surface area contributed by atoms with E-state index in [9.17, 15) is 14.4 Å². The molecule has 0 aliphatic carbocycles. The van der Waals surface area contributed by atoms with Crippen LogP contribution in [0.1, 0.15) is 49.1 Å². The molecule has 2 aliphatic heterocycles. The molecule has 0 fully saturated rings. The number of rotatable bonds is 4. The fraction of sp³-hybridized carbons (Fsp3) is 0.261. The topological polar surface area (TPSA) is 97.0 Å². The Morgan fingerprint density at radius 3 is 2.73 bits per heavy atom. The van der Waals surface area contributed by atoms with Crippen LogP contribution in [0, 0.1) is 0 Å². The Morgan fingerprint density at radius 1 is 1.18 bits per heavy atom. The van der Waals surface area contributed by atoms with Crippen LogP contribution in [0.15, 0.2) is 41.8 Å². The van der Waals surface area contributed by atoms with E-state index in [2.05, 4.69) is 10.6 Å². The SMILES string of the molecule is CCOC(=O)N1CCc2c(sc3c2C(=O)NC(c2ccc(OC(=O)c4cccs4)cc2)N3)C1. The Labute approximate surface area is 198 Å². The Kier molecular flexibility index (Phi) is 5.77. The highest BCUT2D eigenvalue weighted by molar-refractivity contribution is 7.16. The minimum Gasteiger partial charge on any atom is -0.450 e. The lowest BCUT2D eigenvalue weighted by atomic mass is 10.0. The zero-order valence-corrected chi connectivity index (χ0v) is 19.4. The van der Waals surface area contributed by atoms with Gasteiger partial charge in [0.05, 0.1) is 18.7 Å². The quantitative estimate of drug-likeness (QED) is 0.422. The van der Waals surface area contributed by atoms with Gasteiger partial charge in [-0.25, -0.2) is 9.59 Å².